The van der Waals surface area contributed by atoms with Gasteiger partial charge in [0, 0.05) is 24.7 Å². The number of nitrogens with zero attached hydrogens (tertiary/aromatic N) is 3. The van der Waals surface area contributed by atoms with Crippen LogP contribution >= 0.6 is 0 Å². The molecule has 29 heavy (non-hydrogen) atoms. The van der Waals surface area contributed by atoms with E-state index >= 15 is 0 Å². The number of carbonyl (C=O) groups excluding carboxylic acids is 1. The first-order valence-corrected chi connectivity index (χ1v) is 9.23. The molecule has 0 radical (unpaired) electrons. The van der Waals surface area contributed by atoms with E-state index in [9.17, 15) is 9.59 Å². The highest BCUT2D eigenvalue weighted by atomic mass is 16.5. The van der Waals surface area contributed by atoms with Gasteiger partial charge in [-0.3, -0.25) is 9.59 Å². The van der Waals surface area contributed by atoms with Crippen LogP contribution in [0.3, 0.4) is 0 Å². The minimum atomic E-state index is -0.312. The maximum Gasteiger partial charge on any atom is 0.256 e. The third kappa shape index (κ3) is 3.86. The van der Waals surface area contributed by atoms with Crippen molar-refractivity contribution < 1.29 is 14.3 Å². The number of rotatable bonds is 7. The molecule has 2 N–H and O–H groups in total. The maximum absolute atomic E-state index is 13.1. The second kappa shape index (κ2) is 8.44. The molecule has 0 aromatic carbocycles. The van der Waals surface area contributed by atoms with E-state index in [0.717, 1.165) is 5.69 Å². The highest BCUT2D eigenvalue weighted by Gasteiger charge is 2.24. The highest BCUT2D eigenvalue weighted by Crippen LogP contribution is 2.27. The summed E-state index contributed by atoms with van der Waals surface area (Å²) in [6.45, 7) is 6.14. The van der Waals surface area contributed by atoms with Gasteiger partial charge < -0.3 is 24.3 Å². The van der Waals surface area contributed by atoms with Crippen LogP contribution in [0, 0.1) is 13.8 Å². The monoisotopic (exact) mass is 399 g/mol. The molecular formula is C20H25N5O4. The molecule has 0 fully saturated rings. The molecule has 3 rings (SSSR count). The SMILES string of the molecule is COCC(C)n1c(C)c(C(=O)NCc2c(OC)cc(C)[nH]c2=O)c2cncnc21. The van der Waals surface area contributed by atoms with E-state index in [2.05, 4.69) is 20.3 Å². The molecule has 154 valence electrons. The largest absolute Gasteiger partial charge is 0.496 e. The summed E-state index contributed by atoms with van der Waals surface area (Å²) in [4.78, 5) is 36.5. The number of amides is 1. The van der Waals surface area contributed by atoms with Gasteiger partial charge in [-0.1, -0.05) is 0 Å². The summed E-state index contributed by atoms with van der Waals surface area (Å²) in [5, 5.41) is 3.48. The Balaban J connectivity index is 1.97. The molecule has 0 spiro atoms. The number of aryl methyl sites for hydroxylation is 1. The second-order valence-corrected chi connectivity index (χ2v) is 6.91. The average Bonchev–Trinajstić information content (AvgIpc) is 2.98. The van der Waals surface area contributed by atoms with Gasteiger partial charge in [0.15, 0.2) is 0 Å². The zero-order valence-electron chi connectivity index (χ0n) is 17.2. The van der Waals surface area contributed by atoms with Crippen LogP contribution in [0.25, 0.3) is 11.0 Å². The fourth-order valence-corrected chi connectivity index (χ4v) is 3.60. The highest BCUT2D eigenvalue weighted by molar-refractivity contribution is 6.07. The number of ether oxygens (including phenoxy) is 2. The summed E-state index contributed by atoms with van der Waals surface area (Å²) in [5.41, 5.74) is 2.65. The Bertz CT molecular complexity index is 1100. The summed E-state index contributed by atoms with van der Waals surface area (Å²) in [7, 11) is 3.12. The quantitative estimate of drug-likeness (QED) is 0.628. The van der Waals surface area contributed by atoms with E-state index in [1.54, 1.807) is 26.3 Å². The van der Waals surface area contributed by atoms with Crippen molar-refractivity contribution in [3.63, 3.8) is 0 Å². The van der Waals surface area contributed by atoms with Crippen molar-refractivity contribution in [3.05, 3.63) is 51.5 Å². The smallest absolute Gasteiger partial charge is 0.256 e. The zero-order valence-corrected chi connectivity index (χ0v) is 17.2. The van der Waals surface area contributed by atoms with Gasteiger partial charge in [0.1, 0.15) is 17.7 Å². The molecule has 3 heterocycles. The number of methoxy groups -OCH3 is 2. The van der Waals surface area contributed by atoms with Gasteiger partial charge in [0.05, 0.1) is 42.8 Å². The first-order chi connectivity index (χ1) is 13.9. The van der Waals surface area contributed by atoms with Gasteiger partial charge in [0.25, 0.3) is 11.5 Å². The Labute approximate surface area is 168 Å². The van der Waals surface area contributed by atoms with Crippen molar-refractivity contribution in [2.45, 2.75) is 33.4 Å². The van der Waals surface area contributed by atoms with Crippen LogP contribution in [0.4, 0.5) is 0 Å². The average molecular weight is 399 g/mol. The Hall–Kier alpha value is -3.20. The number of fused-ring (bicyclic) bond motifs is 1. The molecule has 0 aliphatic heterocycles. The molecule has 0 bridgehead atoms. The van der Waals surface area contributed by atoms with Crippen LogP contribution in [0.2, 0.25) is 0 Å². The van der Waals surface area contributed by atoms with Gasteiger partial charge in [-0.15, -0.1) is 0 Å². The van der Waals surface area contributed by atoms with Crippen molar-refractivity contribution in [2.75, 3.05) is 20.8 Å². The zero-order chi connectivity index (χ0) is 21.1. The summed E-state index contributed by atoms with van der Waals surface area (Å²) >= 11 is 0. The lowest BCUT2D eigenvalue weighted by Gasteiger charge is -2.16. The lowest BCUT2D eigenvalue weighted by molar-refractivity contribution is 0.0951. The molecule has 9 nitrogen and oxygen atoms in total. The van der Waals surface area contributed by atoms with Crippen molar-refractivity contribution in [1.82, 2.24) is 24.8 Å². The van der Waals surface area contributed by atoms with Crippen molar-refractivity contribution in [3.8, 4) is 5.75 Å². The summed E-state index contributed by atoms with van der Waals surface area (Å²) in [6, 6.07) is 1.71. The normalized spacial score (nSPS) is 12.2. The van der Waals surface area contributed by atoms with Crippen molar-refractivity contribution in [1.29, 1.82) is 0 Å². The van der Waals surface area contributed by atoms with Crippen LogP contribution in [0.5, 0.6) is 5.75 Å². The predicted octanol–water partition coefficient (Wildman–Crippen LogP) is 1.88. The minimum absolute atomic E-state index is 0.0148. The van der Waals surface area contributed by atoms with Gasteiger partial charge in [0.2, 0.25) is 0 Å². The number of pyridine rings is 1. The van der Waals surface area contributed by atoms with Gasteiger partial charge in [-0.05, 0) is 26.8 Å². The maximum atomic E-state index is 13.1. The van der Waals surface area contributed by atoms with E-state index in [-0.39, 0.29) is 24.1 Å². The Morgan fingerprint density at radius 3 is 2.79 bits per heavy atom. The number of carbonyl (C=O) groups is 1. The Kier molecular flexibility index (Phi) is 5.97. The first kappa shape index (κ1) is 20.5. The third-order valence-electron chi connectivity index (χ3n) is 4.86. The lowest BCUT2D eigenvalue weighted by Crippen LogP contribution is -2.28. The molecular weight excluding hydrogens is 374 g/mol. The summed E-state index contributed by atoms with van der Waals surface area (Å²) in [5.74, 6) is 0.121. The first-order valence-electron chi connectivity index (χ1n) is 9.23. The van der Waals surface area contributed by atoms with E-state index in [4.69, 9.17) is 9.47 Å². The number of aromatic nitrogens is 4. The van der Waals surface area contributed by atoms with Crippen LogP contribution in [0.1, 0.15) is 40.3 Å². The summed E-state index contributed by atoms with van der Waals surface area (Å²) in [6.07, 6.45) is 3.08. The molecule has 1 amide bonds. The van der Waals surface area contributed by atoms with Gasteiger partial charge in [-0.25, -0.2) is 9.97 Å². The molecule has 0 aliphatic carbocycles. The predicted molar refractivity (Wildman–Crippen MR) is 108 cm³/mol. The van der Waals surface area contributed by atoms with Crippen molar-refractivity contribution in [2.24, 2.45) is 0 Å². The lowest BCUT2D eigenvalue weighted by atomic mass is 10.1. The van der Waals surface area contributed by atoms with E-state index in [1.165, 1.54) is 13.4 Å². The molecule has 0 aliphatic rings. The fraction of sp³-hybridized carbons (Fsp3) is 0.400. The Morgan fingerprint density at radius 2 is 2.10 bits per heavy atom. The van der Waals surface area contributed by atoms with Crippen LogP contribution in [-0.4, -0.2) is 46.3 Å². The molecule has 0 saturated heterocycles. The number of aromatic amines is 1. The van der Waals surface area contributed by atoms with Crippen LogP contribution < -0.4 is 15.6 Å². The molecule has 9 heteroatoms. The fourth-order valence-electron chi connectivity index (χ4n) is 3.60. The third-order valence-corrected chi connectivity index (χ3v) is 4.86. The number of hydrogen-bond donors (Lipinski definition) is 2. The van der Waals surface area contributed by atoms with Gasteiger partial charge in [-0.2, -0.15) is 0 Å². The van der Waals surface area contributed by atoms with Crippen LogP contribution in [0.15, 0.2) is 23.4 Å². The summed E-state index contributed by atoms with van der Waals surface area (Å²) < 4.78 is 12.5. The van der Waals surface area contributed by atoms with Crippen molar-refractivity contribution >= 4 is 16.9 Å². The van der Waals surface area contributed by atoms with E-state index in [0.29, 0.717) is 40.2 Å². The number of H-pyrrole nitrogens is 1. The Morgan fingerprint density at radius 1 is 1.34 bits per heavy atom. The molecule has 3 aromatic rings. The minimum Gasteiger partial charge on any atom is -0.496 e. The molecule has 3 aromatic heterocycles. The standard InChI is InChI=1S/C20H25N5O4/c1-11-6-16(29-5)14(19(26)24-11)8-22-20(27)17-13(3)25(12(2)9-28-4)18-15(17)7-21-10-23-18/h6-7,10,12H,8-9H2,1-5H3,(H,22,27)(H,24,26). The topological polar surface area (TPSA) is 111 Å². The molecule has 0 saturated carbocycles. The molecule has 1 atom stereocenters. The van der Waals surface area contributed by atoms with Gasteiger partial charge >= 0.3 is 0 Å². The molecule has 1 unspecified atom stereocenters. The number of hydrogen-bond acceptors (Lipinski definition) is 6. The van der Waals surface area contributed by atoms with E-state index < -0.39 is 0 Å². The second-order valence-electron chi connectivity index (χ2n) is 6.91. The number of nitrogens with one attached hydrogen (secondary N) is 2. The van der Waals surface area contributed by atoms with E-state index in [1.807, 2.05) is 18.4 Å². The van der Waals surface area contributed by atoms with Crippen LogP contribution in [-0.2, 0) is 11.3 Å².